The molecule has 3 aromatic carbocycles. The van der Waals surface area contributed by atoms with E-state index in [0.717, 1.165) is 36.0 Å². The normalized spacial score (nSPS) is 12.1. The van der Waals surface area contributed by atoms with Crippen molar-refractivity contribution in [3.8, 4) is 0 Å². The molecule has 0 heterocycles. The van der Waals surface area contributed by atoms with Crippen LogP contribution >= 0.6 is 11.6 Å². The molecular formula is C32H40ClN3O4S. The van der Waals surface area contributed by atoms with E-state index < -0.39 is 16.1 Å². The Kier molecular flexibility index (Phi) is 12.8. The van der Waals surface area contributed by atoms with Gasteiger partial charge in [-0.05, 0) is 53.8 Å². The molecule has 9 heteroatoms. The standard InChI is InChI=1S/C32H40ClN3O4S/c1-3-5-9-22-34-32(38)30(23-26-10-7-6-8-11-26)36(24-27-12-17-28(33)18-13-27)31(37)21-16-25-14-19-29(20-15-25)41(39,40)35-4-2/h6-8,10-15,17-20,30,35H,3-5,9,16,21-24H2,1-2H3,(H,34,38)/t30-/m0/s1. The van der Waals surface area contributed by atoms with Crippen LogP contribution in [0.25, 0.3) is 0 Å². The van der Waals surface area contributed by atoms with Gasteiger partial charge in [0.15, 0.2) is 0 Å². The molecule has 0 saturated heterocycles. The van der Waals surface area contributed by atoms with Gasteiger partial charge in [-0.2, -0.15) is 0 Å². The monoisotopic (exact) mass is 597 g/mol. The van der Waals surface area contributed by atoms with Crippen LogP contribution < -0.4 is 10.0 Å². The Bertz CT molecular complexity index is 1350. The summed E-state index contributed by atoms with van der Waals surface area (Å²) in [5.41, 5.74) is 2.68. The number of halogens is 1. The second-order valence-electron chi connectivity index (χ2n) is 10.00. The minimum absolute atomic E-state index is 0.158. The third-order valence-electron chi connectivity index (χ3n) is 6.81. The highest BCUT2D eigenvalue weighted by Crippen LogP contribution is 2.19. The lowest BCUT2D eigenvalue weighted by atomic mass is 10.0. The topological polar surface area (TPSA) is 95.6 Å². The number of hydrogen-bond acceptors (Lipinski definition) is 4. The molecule has 7 nitrogen and oxygen atoms in total. The highest BCUT2D eigenvalue weighted by molar-refractivity contribution is 7.89. The summed E-state index contributed by atoms with van der Waals surface area (Å²) in [5.74, 6) is -0.334. The molecule has 0 bridgehead atoms. The van der Waals surface area contributed by atoms with Gasteiger partial charge in [-0.3, -0.25) is 9.59 Å². The van der Waals surface area contributed by atoms with Gasteiger partial charge in [0.2, 0.25) is 21.8 Å². The van der Waals surface area contributed by atoms with E-state index in [2.05, 4.69) is 17.0 Å². The van der Waals surface area contributed by atoms with Crippen molar-refractivity contribution in [1.82, 2.24) is 14.9 Å². The average Bonchev–Trinajstić information content (AvgIpc) is 2.97. The molecule has 0 aliphatic heterocycles. The molecule has 3 rings (SSSR count). The van der Waals surface area contributed by atoms with Crippen molar-refractivity contribution in [2.75, 3.05) is 13.1 Å². The maximum absolute atomic E-state index is 13.8. The van der Waals surface area contributed by atoms with Gasteiger partial charge in [-0.25, -0.2) is 13.1 Å². The second kappa shape index (κ2) is 16.3. The van der Waals surface area contributed by atoms with Crippen molar-refractivity contribution in [1.29, 1.82) is 0 Å². The third-order valence-corrected chi connectivity index (χ3v) is 8.63. The molecule has 2 N–H and O–H groups in total. The van der Waals surface area contributed by atoms with Gasteiger partial charge in [-0.15, -0.1) is 0 Å². The van der Waals surface area contributed by atoms with Crippen molar-refractivity contribution >= 4 is 33.4 Å². The fraction of sp³-hybridized carbons (Fsp3) is 0.375. The highest BCUT2D eigenvalue weighted by Gasteiger charge is 2.30. The Morgan fingerprint density at radius 1 is 0.854 bits per heavy atom. The quantitative estimate of drug-likeness (QED) is 0.213. The number of unbranched alkanes of at least 4 members (excludes halogenated alkanes) is 2. The van der Waals surface area contributed by atoms with Crippen molar-refractivity contribution < 1.29 is 18.0 Å². The van der Waals surface area contributed by atoms with E-state index >= 15 is 0 Å². The van der Waals surface area contributed by atoms with Gasteiger partial charge < -0.3 is 10.2 Å². The van der Waals surface area contributed by atoms with Crippen molar-refractivity contribution in [3.05, 3.63) is 101 Å². The van der Waals surface area contributed by atoms with Gasteiger partial charge in [0.1, 0.15) is 6.04 Å². The summed E-state index contributed by atoms with van der Waals surface area (Å²) in [7, 11) is -3.55. The van der Waals surface area contributed by atoms with E-state index in [1.54, 1.807) is 48.2 Å². The number of rotatable bonds is 16. The Morgan fingerprint density at radius 3 is 2.15 bits per heavy atom. The maximum Gasteiger partial charge on any atom is 0.243 e. The minimum Gasteiger partial charge on any atom is -0.354 e. The van der Waals surface area contributed by atoms with E-state index in [-0.39, 0.29) is 29.7 Å². The van der Waals surface area contributed by atoms with E-state index in [0.29, 0.717) is 31.0 Å². The van der Waals surface area contributed by atoms with E-state index in [1.807, 2.05) is 42.5 Å². The van der Waals surface area contributed by atoms with Gasteiger partial charge >= 0.3 is 0 Å². The summed E-state index contributed by atoms with van der Waals surface area (Å²) in [5, 5.41) is 3.65. The number of carbonyl (C=O) groups excluding carboxylic acids is 2. The molecule has 0 spiro atoms. The summed E-state index contributed by atoms with van der Waals surface area (Å²) in [4.78, 5) is 29.2. The molecule has 41 heavy (non-hydrogen) atoms. The minimum atomic E-state index is -3.55. The van der Waals surface area contributed by atoms with Crippen LogP contribution in [-0.2, 0) is 39.0 Å². The van der Waals surface area contributed by atoms with Crippen molar-refractivity contribution in [2.24, 2.45) is 0 Å². The lowest BCUT2D eigenvalue weighted by Crippen LogP contribution is -2.50. The molecule has 0 aliphatic rings. The molecular weight excluding hydrogens is 558 g/mol. The number of aryl methyl sites for hydroxylation is 1. The second-order valence-corrected chi connectivity index (χ2v) is 12.2. The number of hydrogen-bond donors (Lipinski definition) is 2. The van der Waals surface area contributed by atoms with Crippen LogP contribution in [0, 0.1) is 0 Å². The van der Waals surface area contributed by atoms with Crippen LogP contribution in [0.5, 0.6) is 0 Å². The first kappa shape index (κ1) is 32.3. The molecule has 0 fully saturated rings. The Hall–Kier alpha value is -3.20. The molecule has 220 valence electrons. The lowest BCUT2D eigenvalue weighted by Gasteiger charge is -2.32. The number of nitrogens with zero attached hydrogens (tertiary/aromatic N) is 1. The van der Waals surface area contributed by atoms with Crippen LogP contribution in [0.1, 0.15) is 56.2 Å². The Labute approximate surface area is 249 Å². The summed E-state index contributed by atoms with van der Waals surface area (Å²) < 4.78 is 27.0. The molecule has 0 saturated carbocycles. The van der Waals surface area contributed by atoms with Crippen LogP contribution in [0.2, 0.25) is 5.02 Å². The zero-order valence-corrected chi connectivity index (χ0v) is 25.4. The molecule has 0 radical (unpaired) electrons. The first-order valence-electron chi connectivity index (χ1n) is 14.2. The number of carbonyl (C=O) groups is 2. The molecule has 2 amide bonds. The molecule has 0 aliphatic carbocycles. The average molecular weight is 598 g/mol. The summed E-state index contributed by atoms with van der Waals surface area (Å²) in [6, 6.07) is 22.8. The molecule has 0 aromatic heterocycles. The number of benzene rings is 3. The van der Waals surface area contributed by atoms with Crippen molar-refractivity contribution in [2.45, 2.75) is 69.9 Å². The fourth-order valence-electron chi connectivity index (χ4n) is 4.55. The van der Waals surface area contributed by atoms with E-state index in [4.69, 9.17) is 11.6 Å². The van der Waals surface area contributed by atoms with Gasteiger partial charge in [0, 0.05) is 37.5 Å². The van der Waals surface area contributed by atoms with Gasteiger partial charge in [0.05, 0.1) is 4.90 Å². The number of amides is 2. The number of nitrogens with one attached hydrogen (secondary N) is 2. The van der Waals surface area contributed by atoms with Gasteiger partial charge in [-0.1, -0.05) is 92.9 Å². The largest absolute Gasteiger partial charge is 0.354 e. The van der Waals surface area contributed by atoms with Crippen molar-refractivity contribution in [3.63, 3.8) is 0 Å². The predicted octanol–water partition coefficient (Wildman–Crippen LogP) is 5.52. The van der Waals surface area contributed by atoms with E-state index in [1.165, 1.54) is 0 Å². The number of sulfonamides is 1. The van der Waals surface area contributed by atoms with Gasteiger partial charge in [0.25, 0.3) is 0 Å². The van der Waals surface area contributed by atoms with Crippen LogP contribution in [0.3, 0.4) is 0 Å². The lowest BCUT2D eigenvalue weighted by molar-refractivity contribution is -0.141. The highest BCUT2D eigenvalue weighted by atomic mass is 35.5. The van der Waals surface area contributed by atoms with Crippen LogP contribution in [0.4, 0.5) is 0 Å². The smallest absolute Gasteiger partial charge is 0.243 e. The zero-order chi connectivity index (χ0) is 29.7. The first-order chi connectivity index (χ1) is 19.7. The van der Waals surface area contributed by atoms with E-state index in [9.17, 15) is 18.0 Å². The zero-order valence-electron chi connectivity index (χ0n) is 23.8. The Balaban J connectivity index is 1.84. The Morgan fingerprint density at radius 2 is 1.51 bits per heavy atom. The van der Waals surface area contributed by atoms with Crippen LogP contribution in [0.15, 0.2) is 83.8 Å². The third kappa shape index (κ3) is 10.3. The first-order valence-corrected chi connectivity index (χ1v) is 16.0. The van der Waals surface area contributed by atoms with Crippen LogP contribution in [-0.4, -0.2) is 44.3 Å². The fourth-order valence-corrected chi connectivity index (χ4v) is 5.72. The summed E-state index contributed by atoms with van der Waals surface area (Å²) in [6.45, 7) is 4.96. The molecule has 1 atom stereocenters. The maximum atomic E-state index is 13.8. The SMILES string of the molecule is CCCCCNC(=O)[C@H](Cc1ccccc1)N(Cc1ccc(Cl)cc1)C(=O)CCc1ccc(S(=O)(=O)NCC)cc1. The summed E-state index contributed by atoms with van der Waals surface area (Å²) in [6.07, 6.45) is 3.91. The predicted molar refractivity (Wildman–Crippen MR) is 164 cm³/mol. The molecule has 3 aromatic rings. The summed E-state index contributed by atoms with van der Waals surface area (Å²) >= 11 is 6.10. The molecule has 0 unspecified atom stereocenters.